The topological polar surface area (TPSA) is 121 Å². The number of Topliss-reactive ketones (excluding diaryl/α,β-unsaturated/α-hetero) is 1. The fourth-order valence-electron chi connectivity index (χ4n) is 2.00. The molecule has 22 heavy (non-hydrogen) atoms. The molecule has 0 saturated heterocycles. The summed E-state index contributed by atoms with van der Waals surface area (Å²) in [5, 5.41) is 9.33. The minimum atomic E-state index is -4.81. The molecule has 2 atom stereocenters. The van der Waals surface area contributed by atoms with Crippen LogP contribution in [-0.4, -0.2) is 35.2 Å². The first-order chi connectivity index (χ1) is 10.1. The summed E-state index contributed by atoms with van der Waals surface area (Å²) in [6.45, 7) is 4.64. The normalized spacial score (nSPS) is 14.2. The second-order valence-corrected chi connectivity index (χ2v) is 6.47. The summed E-state index contributed by atoms with van der Waals surface area (Å²) < 4.78 is 32.3. The van der Waals surface area contributed by atoms with E-state index in [0.717, 1.165) is 12.5 Å². The van der Waals surface area contributed by atoms with Crippen LogP contribution in [0.4, 0.5) is 5.69 Å². The van der Waals surface area contributed by atoms with Crippen molar-refractivity contribution < 1.29 is 27.7 Å². The van der Waals surface area contributed by atoms with E-state index in [1.165, 1.54) is 0 Å². The monoisotopic (exact) mass is 329 g/mol. The zero-order valence-electron chi connectivity index (χ0n) is 12.5. The maximum Gasteiger partial charge on any atom is 0.313 e. The Morgan fingerprint density at radius 3 is 2.36 bits per heavy atom. The predicted octanol–water partition coefficient (Wildman–Crippen LogP) is 1.47. The van der Waals surface area contributed by atoms with Gasteiger partial charge in [-0.05, 0) is 31.4 Å². The third kappa shape index (κ3) is 4.05. The molecule has 0 heterocycles. The lowest BCUT2D eigenvalue weighted by atomic mass is 10.0. The first-order valence-corrected chi connectivity index (χ1v) is 8.17. The summed E-state index contributed by atoms with van der Waals surface area (Å²) in [5.74, 6) is -4.14. The van der Waals surface area contributed by atoms with Gasteiger partial charge in [0.2, 0.25) is 5.37 Å². The van der Waals surface area contributed by atoms with Gasteiger partial charge in [0.1, 0.15) is 5.92 Å². The van der Waals surface area contributed by atoms with Crippen LogP contribution >= 0.6 is 0 Å². The minimum Gasteiger partial charge on any atom is -0.481 e. The second-order valence-electron chi connectivity index (χ2n) is 4.96. The van der Waals surface area contributed by atoms with Crippen molar-refractivity contribution in [1.29, 1.82) is 0 Å². The fraction of sp³-hybridized carbons (Fsp3) is 0.429. The number of benzene rings is 1. The summed E-state index contributed by atoms with van der Waals surface area (Å²) in [6, 6.07) is 5.25. The third-order valence-corrected chi connectivity index (χ3v) is 4.31. The van der Waals surface area contributed by atoms with Crippen LogP contribution in [0.3, 0.4) is 0 Å². The number of aryl methyl sites for hydroxylation is 2. The van der Waals surface area contributed by atoms with Gasteiger partial charge in [-0.25, -0.2) is 0 Å². The number of carboxylic acid groups (broad SMARTS) is 1. The molecule has 8 heteroatoms. The lowest BCUT2D eigenvalue weighted by Gasteiger charge is -2.21. The molecule has 0 fully saturated rings. The van der Waals surface area contributed by atoms with Gasteiger partial charge in [0.25, 0.3) is 10.1 Å². The molecule has 0 aliphatic rings. The molecular weight excluding hydrogens is 310 g/mol. The molecule has 0 aliphatic carbocycles. The zero-order valence-corrected chi connectivity index (χ0v) is 13.3. The van der Waals surface area contributed by atoms with E-state index in [0.29, 0.717) is 17.7 Å². The van der Waals surface area contributed by atoms with Crippen molar-refractivity contribution in [2.24, 2.45) is 5.92 Å². The molecule has 122 valence electrons. The van der Waals surface area contributed by atoms with Crippen LogP contribution < -0.4 is 5.32 Å². The van der Waals surface area contributed by atoms with Gasteiger partial charge in [-0.2, -0.15) is 8.42 Å². The van der Waals surface area contributed by atoms with Crippen LogP contribution in [0.15, 0.2) is 18.2 Å². The smallest absolute Gasteiger partial charge is 0.313 e. The van der Waals surface area contributed by atoms with Crippen molar-refractivity contribution in [3.63, 3.8) is 0 Å². The van der Waals surface area contributed by atoms with Gasteiger partial charge in [0, 0.05) is 5.69 Å². The van der Waals surface area contributed by atoms with Crippen molar-refractivity contribution in [2.45, 2.75) is 32.6 Å². The maximum atomic E-state index is 12.1. The summed E-state index contributed by atoms with van der Waals surface area (Å²) in [7, 11) is -4.81. The van der Waals surface area contributed by atoms with Gasteiger partial charge in [-0.1, -0.05) is 25.1 Å². The molecule has 1 aromatic carbocycles. The van der Waals surface area contributed by atoms with Crippen molar-refractivity contribution in [1.82, 2.24) is 0 Å². The highest BCUT2D eigenvalue weighted by molar-refractivity contribution is 7.87. The molecule has 0 aliphatic heterocycles. The van der Waals surface area contributed by atoms with Crippen molar-refractivity contribution in [3.05, 3.63) is 29.3 Å². The van der Waals surface area contributed by atoms with E-state index >= 15 is 0 Å². The SMILES string of the molecule is CCc1cccc(C)c1NC(C(=O)[C@H](C)C(=O)O)S(=O)(=O)O. The Balaban J connectivity index is 3.28. The molecule has 3 N–H and O–H groups in total. The Kier molecular flexibility index (Phi) is 5.67. The highest BCUT2D eigenvalue weighted by atomic mass is 32.2. The molecule has 0 amide bonds. The quantitative estimate of drug-likeness (QED) is 0.511. The van der Waals surface area contributed by atoms with E-state index in [2.05, 4.69) is 5.32 Å². The Labute approximate surface area is 129 Å². The molecule has 1 rings (SSSR count). The first kappa shape index (κ1) is 18.1. The molecule has 1 unspecified atom stereocenters. The number of rotatable bonds is 7. The highest BCUT2D eigenvalue weighted by Gasteiger charge is 2.37. The van der Waals surface area contributed by atoms with E-state index in [-0.39, 0.29) is 0 Å². The van der Waals surface area contributed by atoms with Crippen LogP contribution in [-0.2, 0) is 26.1 Å². The third-order valence-electron chi connectivity index (χ3n) is 3.37. The Morgan fingerprint density at radius 2 is 1.91 bits per heavy atom. The molecule has 0 aromatic heterocycles. The van der Waals surface area contributed by atoms with E-state index in [9.17, 15) is 22.6 Å². The second kappa shape index (κ2) is 6.89. The van der Waals surface area contributed by atoms with Crippen LogP contribution in [0.5, 0.6) is 0 Å². The summed E-state index contributed by atoms with van der Waals surface area (Å²) in [6.07, 6.45) is 0.574. The number of ketones is 1. The molecule has 0 saturated carbocycles. The number of hydrogen-bond acceptors (Lipinski definition) is 5. The number of carboxylic acids is 1. The Morgan fingerprint density at radius 1 is 1.32 bits per heavy atom. The van der Waals surface area contributed by atoms with Crippen LogP contribution in [0.25, 0.3) is 0 Å². The van der Waals surface area contributed by atoms with Gasteiger partial charge in [-0.15, -0.1) is 0 Å². The number of hydrogen-bond donors (Lipinski definition) is 3. The summed E-state index contributed by atoms with van der Waals surface area (Å²) in [4.78, 5) is 23.0. The number of carbonyl (C=O) groups excluding carboxylic acids is 1. The molecule has 7 nitrogen and oxygen atoms in total. The average Bonchev–Trinajstić information content (AvgIpc) is 2.42. The zero-order chi connectivity index (χ0) is 17.1. The average molecular weight is 329 g/mol. The van der Waals surface area contributed by atoms with Gasteiger partial charge >= 0.3 is 5.97 Å². The minimum absolute atomic E-state index is 0.401. The number of carbonyl (C=O) groups is 2. The molecule has 1 aromatic rings. The Hall–Kier alpha value is -1.93. The van der Waals surface area contributed by atoms with E-state index in [4.69, 9.17) is 5.11 Å². The number of para-hydroxylation sites is 1. The molecule has 0 radical (unpaired) electrons. The first-order valence-electron chi connectivity index (χ1n) is 6.67. The molecule has 0 bridgehead atoms. The lowest BCUT2D eigenvalue weighted by molar-refractivity contribution is -0.145. The summed E-state index contributed by atoms with van der Waals surface area (Å²) in [5.41, 5.74) is 1.84. The molecule has 0 spiro atoms. The van der Waals surface area contributed by atoms with Gasteiger partial charge in [0.05, 0.1) is 0 Å². The van der Waals surface area contributed by atoms with Crippen molar-refractivity contribution in [3.8, 4) is 0 Å². The lowest BCUT2D eigenvalue weighted by Crippen LogP contribution is -2.42. The number of nitrogens with one attached hydrogen (secondary N) is 1. The van der Waals surface area contributed by atoms with Gasteiger partial charge in [-0.3, -0.25) is 14.1 Å². The number of anilines is 1. The molecular formula is C14H19NO6S. The Bertz CT molecular complexity index is 683. The van der Waals surface area contributed by atoms with Crippen LogP contribution in [0.1, 0.15) is 25.0 Å². The van der Waals surface area contributed by atoms with Gasteiger partial charge in [0.15, 0.2) is 5.78 Å². The van der Waals surface area contributed by atoms with Crippen molar-refractivity contribution >= 4 is 27.6 Å². The van der Waals surface area contributed by atoms with E-state index in [1.54, 1.807) is 25.1 Å². The van der Waals surface area contributed by atoms with Gasteiger partial charge < -0.3 is 10.4 Å². The van der Waals surface area contributed by atoms with Crippen molar-refractivity contribution in [2.75, 3.05) is 5.32 Å². The fourth-order valence-corrected chi connectivity index (χ4v) is 2.77. The largest absolute Gasteiger partial charge is 0.481 e. The maximum absolute atomic E-state index is 12.1. The van der Waals surface area contributed by atoms with E-state index < -0.39 is 33.2 Å². The van der Waals surface area contributed by atoms with E-state index in [1.807, 2.05) is 6.92 Å². The standard InChI is InChI=1S/C14H19NO6S/c1-4-10-7-5-6-8(2)11(10)15-13(22(19,20)21)12(16)9(3)14(17)18/h5-7,9,13,15H,4H2,1-3H3,(H,17,18)(H,19,20,21)/t9-,13?/m0/s1. The summed E-state index contributed by atoms with van der Waals surface area (Å²) >= 11 is 0. The number of aliphatic carboxylic acids is 1. The van der Waals surface area contributed by atoms with Crippen LogP contribution in [0, 0.1) is 12.8 Å². The predicted molar refractivity (Wildman–Crippen MR) is 81.3 cm³/mol. The highest BCUT2D eigenvalue weighted by Crippen LogP contribution is 2.24. The van der Waals surface area contributed by atoms with Crippen LogP contribution in [0.2, 0.25) is 0 Å².